The Kier molecular flexibility index (Phi) is 8.15. The van der Waals surface area contributed by atoms with Crippen LogP contribution in [0.3, 0.4) is 0 Å². The topological polar surface area (TPSA) is 73.6 Å². The van der Waals surface area contributed by atoms with E-state index in [0.29, 0.717) is 36.6 Å². The summed E-state index contributed by atoms with van der Waals surface area (Å²) in [6.07, 6.45) is 1.07. The Balaban J connectivity index is 0.00000288. The number of rotatable bonds is 6. The molecule has 5 nitrogen and oxygen atoms in total. The van der Waals surface area contributed by atoms with Gasteiger partial charge >= 0.3 is 6.61 Å². The van der Waals surface area contributed by atoms with Crippen LogP contribution < -0.4 is 15.8 Å². The van der Waals surface area contributed by atoms with Gasteiger partial charge in [-0.3, -0.25) is 4.79 Å². The molecule has 0 atom stereocenters. The highest BCUT2D eigenvalue weighted by molar-refractivity contribution is 6.30. The first-order valence-corrected chi connectivity index (χ1v) is 7.64. The van der Waals surface area contributed by atoms with Crippen molar-refractivity contribution in [3.8, 4) is 5.75 Å². The van der Waals surface area contributed by atoms with E-state index in [9.17, 15) is 13.6 Å². The van der Waals surface area contributed by atoms with E-state index in [0.717, 1.165) is 0 Å². The summed E-state index contributed by atoms with van der Waals surface area (Å²) in [5.41, 5.74) is 5.47. The summed E-state index contributed by atoms with van der Waals surface area (Å²) in [5.74, 6) is -0.232. The molecular weight excluding hydrogens is 365 g/mol. The quantitative estimate of drug-likeness (QED) is 0.790. The van der Waals surface area contributed by atoms with Crippen LogP contribution in [-0.4, -0.2) is 32.3 Å². The Morgan fingerprint density at radius 1 is 1.42 bits per heavy atom. The first-order valence-electron chi connectivity index (χ1n) is 7.26. The van der Waals surface area contributed by atoms with Gasteiger partial charge in [-0.05, 0) is 31.0 Å². The van der Waals surface area contributed by atoms with Crippen molar-refractivity contribution in [2.75, 3.05) is 19.8 Å². The number of carbonyl (C=O) groups excluding carboxylic acids is 1. The number of carbonyl (C=O) groups is 1. The number of halogens is 4. The zero-order valence-corrected chi connectivity index (χ0v) is 14.5. The summed E-state index contributed by atoms with van der Waals surface area (Å²) in [4.78, 5) is 12.5. The predicted molar refractivity (Wildman–Crippen MR) is 88.7 cm³/mol. The van der Waals surface area contributed by atoms with Crippen molar-refractivity contribution >= 4 is 29.9 Å². The molecule has 1 aromatic rings. The lowest BCUT2D eigenvalue weighted by molar-refractivity contribution is -0.136. The highest BCUT2D eigenvalue weighted by Gasteiger charge is 2.38. The number of nitrogens with two attached hydrogens (primary N) is 1. The number of alkyl halides is 2. The van der Waals surface area contributed by atoms with Crippen LogP contribution in [-0.2, 0) is 16.1 Å². The molecule has 0 aliphatic carbocycles. The lowest BCUT2D eigenvalue weighted by Gasteiger charge is -2.34. The Morgan fingerprint density at radius 3 is 2.67 bits per heavy atom. The minimum Gasteiger partial charge on any atom is -0.434 e. The molecule has 1 amide bonds. The van der Waals surface area contributed by atoms with E-state index in [4.69, 9.17) is 22.1 Å². The summed E-state index contributed by atoms with van der Waals surface area (Å²) < 4.78 is 34.6. The van der Waals surface area contributed by atoms with Crippen LogP contribution in [0.15, 0.2) is 18.2 Å². The van der Waals surface area contributed by atoms with Gasteiger partial charge in [0.2, 0.25) is 5.91 Å². The molecule has 0 bridgehead atoms. The third-order valence-electron chi connectivity index (χ3n) is 4.00. The fraction of sp³-hybridized carbons (Fsp3) is 0.533. The van der Waals surface area contributed by atoms with Gasteiger partial charge in [-0.25, -0.2) is 0 Å². The second-order valence-electron chi connectivity index (χ2n) is 5.41. The van der Waals surface area contributed by atoms with Crippen LogP contribution in [0.1, 0.15) is 18.4 Å². The lowest BCUT2D eigenvalue weighted by atomic mass is 9.79. The molecule has 0 saturated carbocycles. The normalized spacial score (nSPS) is 16.4. The van der Waals surface area contributed by atoms with Gasteiger partial charge in [-0.15, -0.1) is 12.4 Å². The van der Waals surface area contributed by atoms with Gasteiger partial charge in [0.15, 0.2) is 0 Å². The van der Waals surface area contributed by atoms with E-state index in [1.54, 1.807) is 0 Å². The van der Waals surface area contributed by atoms with E-state index >= 15 is 0 Å². The number of ether oxygens (including phenoxy) is 2. The van der Waals surface area contributed by atoms with Gasteiger partial charge in [0, 0.05) is 36.9 Å². The van der Waals surface area contributed by atoms with Crippen molar-refractivity contribution in [2.45, 2.75) is 26.0 Å². The second-order valence-corrected chi connectivity index (χ2v) is 5.85. The molecular formula is C15H20Cl2F2N2O3. The SMILES string of the molecule is Cl.NCC1(C(=O)NCc2cc(Cl)ccc2OC(F)F)CCOCC1. The molecule has 0 unspecified atom stereocenters. The minimum absolute atomic E-state index is 0. The molecule has 1 aromatic carbocycles. The van der Waals surface area contributed by atoms with E-state index in [1.807, 2.05) is 0 Å². The molecule has 1 aliphatic rings. The Bertz CT molecular complexity index is 556. The zero-order valence-electron chi connectivity index (χ0n) is 12.9. The summed E-state index contributed by atoms with van der Waals surface area (Å²) in [6, 6.07) is 4.28. The third-order valence-corrected chi connectivity index (χ3v) is 4.24. The maximum atomic E-state index is 12.5. The first kappa shape index (κ1) is 20.9. The fourth-order valence-electron chi connectivity index (χ4n) is 2.55. The first-order chi connectivity index (χ1) is 11.0. The Hall–Kier alpha value is -1.15. The second kappa shape index (κ2) is 9.36. The van der Waals surface area contributed by atoms with Crippen LogP contribution in [0.2, 0.25) is 5.02 Å². The molecule has 1 aliphatic heterocycles. The number of hydrogen-bond acceptors (Lipinski definition) is 4. The molecule has 0 spiro atoms. The van der Waals surface area contributed by atoms with Crippen molar-refractivity contribution < 1.29 is 23.0 Å². The molecule has 24 heavy (non-hydrogen) atoms. The van der Waals surface area contributed by atoms with E-state index in [2.05, 4.69) is 10.1 Å². The summed E-state index contributed by atoms with van der Waals surface area (Å²) in [6.45, 7) is -1.76. The largest absolute Gasteiger partial charge is 0.434 e. The Labute approximate surface area is 150 Å². The van der Waals surface area contributed by atoms with E-state index < -0.39 is 12.0 Å². The lowest BCUT2D eigenvalue weighted by Crippen LogP contribution is -2.49. The molecule has 0 radical (unpaired) electrons. The van der Waals surface area contributed by atoms with Crippen molar-refractivity contribution in [3.63, 3.8) is 0 Å². The molecule has 9 heteroatoms. The van der Waals surface area contributed by atoms with Crippen LogP contribution >= 0.6 is 24.0 Å². The van der Waals surface area contributed by atoms with Crippen molar-refractivity contribution in [1.29, 1.82) is 0 Å². The molecule has 2 rings (SSSR count). The molecule has 1 fully saturated rings. The summed E-state index contributed by atoms with van der Waals surface area (Å²) in [5, 5.41) is 3.11. The van der Waals surface area contributed by atoms with Crippen LogP contribution in [0.5, 0.6) is 5.75 Å². The summed E-state index contributed by atoms with van der Waals surface area (Å²) in [7, 11) is 0. The molecule has 1 saturated heterocycles. The average molecular weight is 385 g/mol. The van der Waals surface area contributed by atoms with Crippen molar-refractivity contribution in [3.05, 3.63) is 28.8 Å². The molecule has 136 valence electrons. The summed E-state index contributed by atoms with van der Waals surface area (Å²) >= 11 is 5.88. The van der Waals surface area contributed by atoms with Crippen molar-refractivity contribution in [2.24, 2.45) is 11.1 Å². The average Bonchev–Trinajstić information content (AvgIpc) is 2.55. The molecule has 0 aromatic heterocycles. The molecule has 3 N–H and O–H groups in total. The monoisotopic (exact) mass is 384 g/mol. The maximum Gasteiger partial charge on any atom is 0.387 e. The van der Waals surface area contributed by atoms with Gasteiger partial charge in [-0.1, -0.05) is 11.6 Å². The third kappa shape index (κ3) is 5.17. The van der Waals surface area contributed by atoms with Crippen LogP contribution in [0.25, 0.3) is 0 Å². The fourth-order valence-corrected chi connectivity index (χ4v) is 2.74. The van der Waals surface area contributed by atoms with Gasteiger partial charge < -0.3 is 20.5 Å². The standard InChI is InChI=1S/C15H19ClF2N2O3.ClH/c16-11-1-2-12(23-14(17)18)10(7-11)8-20-13(21)15(9-19)3-5-22-6-4-15;/h1-2,7,14H,3-6,8-9,19H2,(H,20,21);1H. The highest BCUT2D eigenvalue weighted by Crippen LogP contribution is 2.30. The van der Waals surface area contributed by atoms with Gasteiger partial charge in [0.25, 0.3) is 0 Å². The smallest absolute Gasteiger partial charge is 0.387 e. The highest BCUT2D eigenvalue weighted by atomic mass is 35.5. The number of hydrogen-bond donors (Lipinski definition) is 2. The number of nitrogens with one attached hydrogen (secondary N) is 1. The molecule has 1 heterocycles. The number of benzene rings is 1. The van der Waals surface area contributed by atoms with Gasteiger partial charge in [0.05, 0.1) is 5.41 Å². The Morgan fingerprint density at radius 2 is 2.08 bits per heavy atom. The minimum atomic E-state index is -2.95. The predicted octanol–water partition coefficient (Wildman–Crippen LogP) is 2.73. The maximum absolute atomic E-state index is 12.5. The van der Waals surface area contributed by atoms with E-state index in [1.165, 1.54) is 18.2 Å². The van der Waals surface area contributed by atoms with Crippen molar-refractivity contribution in [1.82, 2.24) is 5.32 Å². The van der Waals surface area contributed by atoms with Gasteiger partial charge in [-0.2, -0.15) is 8.78 Å². The van der Waals surface area contributed by atoms with Gasteiger partial charge in [0.1, 0.15) is 5.75 Å². The van der Waals surface area contributed by atoms with Crippen LogP contribution in [0, 0.1) is 5.41 Å². The number of amides is 1. The van der Waals surface area contributed by atoms with E-state index in [-0.39, 0.29) is 37.2 Å². The van der Waals surface area contributed by atoms with Crippen LogP contribution in [0.4, 0.5) is 8.78 Å². The zero-order chi connectivity index (χ0) is 16.9.